The molecule has 0 aliphatic carbocycles. The van der Waals surface area contributed by atoms with Crippen molar-refractivity contribution >= 4 is 45.8 Å². The molecule has 2 amide bonds. The maximum Gasteiger partial charge on any atom is 0.291 e. The SMILES string of the molecule is CC1Oc2ccc(NC(=O)c3cc4cc(Cl)ccc4o3)cc2NC1=O. The van der Waals surface area contributed by atoms with Crippen LogP contribution in [0.25, 0.3) is 11.0 Å². The van der Waals surface area contributed by atoms with Crippen LogP contribution in [0.2, 0.25) is 5.02 Å². The molecule has 2 heterocycles. The van der Waals surface area contributed by atoms with Crippen LogP contribution in [-0.4, -0.2) is 17.9 Å². The van der Waals surface area contributed by atoms with Crippen molar-refractivity contribution in [2.45, 2.75) is 13.0 Å². The van der Waals surface area contributed by atoms with E-state index in [0.29, 0.717) is 27.7 Å². The fourth-order valence-corrected chi connectivity index (χ4v) is 2.79. The van der Waals surface area contributed by atoms with Crippen LogP contribution in [0.15, 0.2) is 46.9 Å². The van der Waals surface area contributed by atoms with Gasteiger partial charge >= 0.3 is 0 Å². The molecule has 0 saturated heterocycles. The minimum atomic E-state index is -0.546. The van der Waals surface area contributed by atoms with Crippen LogP contribution in [0, 0.1) is 0 Å². The molecule has 2 aromatic carbocycles. The summed E-state index contributed by atoms with van der Waals surface area (Å²) in [6.07, 6.45) is -0.546. The van der Waals surface area contributed by atoms with Crippen molar-refractivity contribution < 1.29 is 18.7 Å². The predicted octanol–water partition coefficient (Wildman–Crippen LogP) is 4.06. The Labute approximate surface area is 147 Å². The number of benzene rings is 2. The number of rotatable bonds is 2. The first-order valence-electron chi connectivity index (χ1n) is 7.61. The van der Waals surface area contributed by atoms with Gasteiger partial charge < -0.3 is 19.8 Å². The molecule has 0 radical (unpaired) electrons. The average Bonchev–Trinajstić information content (AvgIpc) is 2.99. The molecular formula is C18H13ClN2O4. The standard InChI is InChI=1S/C18H13ClN2O4/c1-9-17(22)21-13-8-12(3-5-15(13)24-9)20-18(23)16-7-10-6-11(19)2-4-14(10)25-16/h2-9H,1H3,(H,20,23)(H,21,22). The number of furan rings is 1. The fourth-order valence-electron chi connectivity index (χ4n) is 2.61. The molecule has 1 atom stereocenters. The van der Waals surface area contributed by atoms with E-state index in [9.17, 15) is 9.59 Å². The Bertz CT molecular complexity index is 1010. The van der Waals surface area contributed by atoms with E-state index in [1.807, 2.05) is 0 Å². The van der Waals surface area contributed by atoms with E-state index >= 15 is 0 Å². The number of hydrogen-bond donors (Lipinski definition) is 2. The summed E-state index contributed by atoms with van der Waals surface area (Å²) < 4.78 is 11.0. The molecule has 7 heteroatoms. The second-order valence-corrected chi connectivity index (χ2v) is 6.14. The molecular weight excluding hydrogens is 344 g/mol. The Balaban J connectivity index is 1.58. The molecule has 2 N–H and O–H groups in total. The highest BCUT2D eigenvalue weighted by Crippen LogP contribution is 2.32. The van der Waals surface area contributed by atoms with Crippen LogP contribution in [-0.2, 0) is 4.79 Å². The van der Waals surface area contributed by atoms with E-state index in [1.54, 1.807) is 49.4 Å². The monoisotopic (exact) mass is 356 g/mol. The summed E-state index contributed by atoms with van der Waals surface area (Å²) in [5, 5.41) is 6.79. The number of ether oxygens (including phenoxy) is 1. The van der Waals surface area contributed by atoms with Gasteiger partial charge in [-0.25, -0.2) is 0 Å². The molecule has 0 bridgehead atoms. The van der Waals surface area contributed by atoms with Gasteiger partial charge in [-0.05, 0) is 49.4 Å². The summed E-state index contributed by atoms with van der Waals surface area (Å²) >= 11 is 5.94. The molecule has 1 aliphatic rings. The van der Waals surface area contributed by atoms with Gasteiger partial charge in [0.05, 0.1) is 5.69 Å². The lowest BCUT2D eigenvalue weighted by molar-refractivity contribution is -0.122. The van der Waals surface area contributed by atoms with E-state index in [2.05, 4.69) is 10.6 Å². The number of amides is 2. The third kappa shape index (κ3) is 2.92. The third-order valence-electron chi connectivity index (χ3n) is 3.87. The van der Waals surface area contributed by atoms with Gasteiger partial charge in [0.25, 0.3) is 11.8 Å². The van der Waals surface area contributed by atoms with Gasteiger partial charge in [-0.15, -0.1) is 0 Å². The van der Waals surface area contributed by atoms with E-state index < -0.39 is 12.0 Å². The molecule has 1 aromatic heterocycles. The summed E-state index contributed by atoms with van der Waals surface area (Å²) in [6.45, 7) is 1.67. The number of hydrogen-bond acceptors (Lipinski definition) is 4. The Morgan fingerprint density at radius 1 is 1.20 bits per heavy atom. The predicted molar refractivity (Wildman–Crippen MR) is 94.3 cm³/mol. The number of halogens is 1. The van der Waals surface area contributed by atoms with E-state index in [0.717, 1.165) is 5.39 Å². The zero-order valence-electron chi connectivity index (χ0n) is 13.1. The Morgan fingerprint density at radius 2 is 2.04 bits per heavy atom. The molecule has 6 nitrogen and oxygen atoms in total. The van der Waals surface area contributed by atoms with E-state index in [-0.39, 0.29) is 11.7 Å². The Kier molecular flexibility index (Phi) is 3.62. The first-order valence-corrected chi connectivity index (χ1v) is 7.99. The van der Waals surface area contributed by atoms with Crippen LogP contribution >= 0.6 is 11.6 Å². The quantitative estimate of drug-likeness (QED) is 0.725. The topological polar surface area (TPSA) is 80.6 Å². The molecule has 3 aromatic rings. The van der Waals surface area contributed by atoms with Crippen molar-refractivity contribution in [2.75, 3.05) is 10.6 Å². The minimum Gasteiger partial charge on any atom is -0.479 e. The number of anilines is 2. The Morgan fingerprint density at radius 3 is 2.88 bits per heavy atom. The van der Waals surface area contributed by atoms with Gasteiger partial charge in [0, 0.05) is 16.1 Å². The first kappa shape index (κ1) is 15.5. The lowest BCUT2D eigenvalue weighted by Crippen LogP contribution is -2.34. The Hall–Kier alpha value is -2.99. The van der Waals surface area contributed by atoms with Gasteiger partial charge in [0.1, 0.15) is 11.3 Å². The molecule has 0 spiro atoms. The van der Waals surface area contributed by atoms with Gasteiger partial charge in [0.2, 0.25) is 0 Å². The summed E-state index contributed by atoms with van der Waals surface area (Å²) in [6, 6.07) is 11.8. The van der Waals surface area contributed by atoms with Gasteiger partial charge in [-0.3, -0.25) is 9.59 Å². The normalized spacial score (nSPS) is 16.1. The highest BCUT2D eigenvalue weighted by Gasteiger charge is 2.24. The maximum atomic E-state index is 12.4. The molecule has 1 unspecified atom stereocenters. The number of carbonyl (C=O) groups is 2. The molecule has 126 valence electrons. The van der Waals surface area contributed by atoms with Crippen LogP contribution in [0.1, 0.15) is 17.5 Å². The third-order valence-corrected chi connectivity index (χ3v) is 4.11. The number of nitrogens with one attached hydrogen (secondary N) is 2. The molecule has 0 saturated carbocycles. The van der Waals surface area contributed by atoms with Crippen molar-refractivity contribution in [1.29, 1.82) is 0 Å². The fraction of sp³-hybridized carbons (Fsp3) is 0.111. The van der Waals surface area contributed by atoms with Crippen LogP contribution in [0.3, 0.4) is 0 Å². The highest BCUT2D eigenvalue weighted by molar-refractivity contribution is 6.31. The van der Waals surface area contributed by atoms with Gasteiger partial charge in [-0.2, -0.15) is 0 Å². The van der Waals surface area contributed by atoms with E-state index in [4.69, 9.17) is 20.8 Å². The second kappa shape index (κ2) is 5.82. The zero-order chi connectivity index (χ0) is 17.6. The van der Waals surface area contributed by atoms with Crippen LogP contribution in [0.4, 0.5) is 11.4 Å². The first-order chi connectivity index (χ1) is 12.0. The van der Waals surface area contributed by atoms with Crippen molar-refractivity contribution in [3.63, 3.8) is 0 Å². The summed E-state index contributed by atoms with van der Waals surface area (Å²) in [7, 11) is 0. The molecule has 25 heavy (non-hydrogen) atoms. The molecule has 4 rings (SSSR count). The molecule has 0 fully saturated rings. The second-order valence-electron chi connectivity index (χ2n) is 5.71. The number of carbonyl (C=O) groups excluding carboxylic acids is 2. The van der Waals surface area contributed by atoms with E-state index in [1.165, 1.54) is 0 Å². The number of fused-ring (bicyclic) bond motifs is 2. The minimum absolute atomic E-state index is 0.170. The molecule has 1 aliphatic heterocycles. The highest BCUT2D eigenvalue weighted by atomic mass is 35.5. The lowest BCUT2D eigenvalue weighted by atomic mass is 10.2. The smallest absolute Gasteiger partial charge is 0.291 e. The van der Waals surface area contributed by atoms with Crippen molar-refractivity contribution in [3.8, 4) is 5.75 Å². The maximum absolute atomic E-state index is 12.4. The van der Waals surface area contributed by atoms with Gasteiger partial charge in [0.15, 0.2) is 11.9 Å². The zero-order valence-corrected chi connectivity index (χ0v) is 13.9. The van der Waals surface area contributed by atoms with Crippen LogP contribution in [0.5, 0.6) is 5.75 Å². The lowest BCUT2D eigenvalue weighted by Gasteiger charge is -2.23. The van der Waals surface area contributed by atoms with Gasteiger partial charge in [-0.1, -0.05) is 11.6 Å². The largest absolute Gasteiger partial charge is 0.479 e. The van der Waals surface area contributed by atoms with Crippen molar-refractivity contribution in [1.82, 2.24) is 0 Å². The van der Waals surface area contributed by atoms with Crippen molar-refractivity contribution in [3.05, 3.63) is 53.2 Å². The van der Waals surface area contributed by atoms with Crippen molar-refractivity contribution in [2.24, 2.45) is 0 Å². The summed E-state index contributed by atoms with van der Waals surface area (Å²) in [5.74, 6) is 0.0983. The average molecular weight is 357 g/mol. The van der Waals surface area contributed by atoms with Crippen LogP contribution < -0.4 is 15.4 Å². The summed E-state index contributed by atoms with van der Waals surface area (Å²) in [4.78, 5) is 24.1. The summed E-state index contributed by atoms with van der Waals surface area (Å²) in [5.41, 5.74) is 1.60.